The molecule has 0 bridgehead atoms. The number of aliphatic carboxylic acids is 1. The van der Waals surface area contributed by atoms with Gasteiger partial charge >= 0.3 is 11.9 Å². The van der Waals surface area contributed by atoms with E-state index in [1.165, 1.54) is 19.3 Å². The molecule has 0 aliphatic carbocycles. The van der Waals surface area contributed by atoms with Crippen LogP contribution in [0.1, 0.15) is 28.5 Å². The van der Waals surface area contributed by atoms with Gasteiger partial charge in [0, 0.05) is 21.5 Å². The van der Waals surface area contributed by atoms with Gasteiger partial charge in [-0.2, -0.15) is 0 Å². The summed E-state index contributed by atoms with van der Waals surface area (Å²) in [5.74, 6) is -1.19. The zero-order valence-electron chi connectivity index (χ0n) is 15.6. The summed E-state index contributed by atoms with van der Waals surface area (Å²) in [5.41, 5.74) is 1.32. The second-order valence-corrected chi connectivity index (χ2v) is 6.88. The summed E-state index contributed by atoms with van der Waals surface area (Å²) >= 11 is 12.4. The largest absolute Gasteiger partial charge is 0.497 e. The Morgan fingerprint density at radius 2 is 1.86 bits per heavy atom. The van der Waals surface area contributed by atoms with E-state index in [9.17, 15) is 14.7 Å². The minimum absolute atomic E-state index is 0.0230. The summed E-state index contributed by atoms with van der Waals surface area (Å²) in [5, 5.41) is 10.9. The highest BCUT2D eigenvalue weighted by Crippen LogP contribution is 2.35. The van der Waals surface area contributed by atoms with E-state index >= 15 is 0 Å². The van der Waals surface area contributed by atoms with Crippen molar-refractivity contribution in [1.82, 2.24) is 4.98 Å². The van der Waals surface area contributed by atoms with Crippen molar-refractivity contribution >= 4 is 57.7 Å². The molecular weight excluding hydrogens is 417 g/mol. The molecule has 0 atom stereocenters. The van der Waals surface area contributed by atoms with E-state index in [1.807, 2.05) is 0 Å². The SMILES string of the molecule is CCOC(=O)c1[nH]c2cc(Cl)cc(Cl)c2c1/C=C(/C(=O)O)c1ccc(OC)cc1. The van der Waals surface area contributed by atoms with Gasteiger partial charge in [-0.25, -0.2) is 9.59 Å². The Kier molecular flexibility index (Phi) is 6.15. The zero-order valence-corrected chi connectivity index (χ0v) is 17.1. The maximum Gasteiger partial charge on any atom is 0.355 e. The number of carbonyl (C=O) groups is 2. The first-order valence-corrected chi connectivity index (χ1v) is 9.38. The number of hydrogen-bond donors (Lipinski definition) is 2. The van der Waals surface area contributed by atoms with Crippen molar-refractivity contribution in [2.75, 3.05) is 13.7 Å². The van der Waals surface area contributed by atoms with Crippen LogP contribution in [0.4, 0.5) is 0 Å². The Morgan fingerprint density at radius 1 is 1.17 bits per heavy atom. The van der Waals surface area contributed by atoms with Crippen molar-refractivity contribution in [2.24, 2.45) is 0 Å². The predicted octanol–water partition coefficient (Wildman–Crippen LogP) is 5.29. The number of hydrogen-bond acceptors (Lipinski definition) is 4. The molecule has 8 heteroatoms. The molecule has 0 unspecified atom stereocenters. The quantitative estimate of drug-likeness (QED) is 0.407. The van der Waals surface area contributed by atoms with Gasteiger partial charge in [-0.15, -0.1) is 0 Å². The number of rotatable bonds is 6. The number of aromatic amines is 1. The zero-order chi connectivity index (χ0) is 21.1. The topological polar surface area (TPSA) is 88.6 Å². The molecule has 0 saturated carbocycles. The summed E-state index contributed by atoms with van der Waals surface area (Å²) < 4.78 is 10.2. The summed E-state index contributed by atoms with van der Waals surface area (Å²) in [6, 6.07) is 9.68. The molecule has 0 spiro atoms. The Balaban J connectivity index is 2.27. The van der Waals surface area contributed by atoms with E-state index < -0.39 is 11.9 Å². The van der Waals surface area contributed by atoms with Crippen molar-refractivity contribution in [3.8, 4) is 5.75 Å². The van der Waals surface area contributed by atoms with Crippen LogP contribution in [-0.2, 0) is 9.53 Å². The lowest BCUT2D eigenvalue weighted by molar-refractivity contribution is -0.130. The van der Waals surface area contributed by atoms with Gasteiger partial charge in [0.25, 0.3) is 0 Å². The molecule has 1 aromatic heterocycles. The number of carboxylic acid groups (broad SMARTS) is 1. The molecule has 1 heterocycles. The third-order valence-electron chi connectivity index (χ3n) is 4.25. The maximum atomic E-state index is 12.5. The van der Waals surface area contributed by atoms with Crippen LogP contribution in [0.25, 0.3) is 22.6 Å². The fourth-order valence-electron chi connectivity index (χ4n) is 2.96. The number of carbonyl (C=O) groups excluding carboxylic acids is 1. The number of carboxylic acids is 1. The number of fused-ring (bicyclic) bond motifs is 1. The maximum absolute atomic E-state index is 12.5. The highest BCUT2D eigenvalue weighted by atomic mass is 35.5. The van der Waals surface area contributed by atoms with Crippen LogP contribution in [0.3, 0.4) is 0 Å². The van der Waals surface area contributed by atoms with E-state index in [0.717, 1.165) is 0 Å². The first-order valence-electron chi connectivity index (χ1n) is 8.63. The third-order valence-corrected chi connectivity index (χ3v) is 4.77. The standard InChI is InChI=1S/C21H17Cl2NO5/c1-3-29-21(27)19-15(18-16(23)8-12(22)9-17(18)24-19)10-14(20(25)26)11-4-6-13(28-2)7-5-11/h4-10,24H,3H2,1-2H3,(H,25,26)/b14-10+. The van der Waals surface area contributed by atoms with Gasteiger partial charge in [-0.05, 0) is 42.8 Å². The lowest BCUT2D eigenvalue weighted by Gasteiger charge is -2.07. The van der Waals surface area contributed by atoms with Gasteiger partial charge in [-0.3, -0.25) is 0 Å². The van der Waals surface area contributed by atoms with Gasteiger partial charge < -0.3 is 19.6 Å². The molecule has 0 fully saturated rings. The molecule has 2 N–H and O–H groups in total. The number of aromatic nitrogens is 1. The van der Waals surface area contributed by atoms with Gasteiger partial charge in [0.1, 0.15) is 11.4 Å². The number of nitrogens with one attached hydrogen (secondary N) is 1. The van der Waals surface area contributed by atoms with Gasteiger partial charge in [0.15, 0.2) is 0 Å². The fraction of sp³-hybridized carbons (Fsp3) is 0.143. The van der Waals surface area contributed by atoms with Crippen molar-refractivity contribution in [2.45, 2.75) is 6.92 Å². The second kappa shape index (κ2) is 8.59. The lowest BCUT2D eigenvalue weighted by atomic mass is 10.0. The monoisotopic (exact) mass is 433 g/mol. The molecule has 29 heavy (non-hydrogen) atoms. The first-order chi connectivity index (χ1) is 13.8. The van der Waals surface area contributed by atoms with E-state index in [-0.39, 0.29) is 22.9 Å². The number of esters is 1. The lowest BCUT2D eigenvalue weighted by Crippen LogP contribution is -2.07. The summed E-state index contributed by atoms with van der Waals surface area (Å²) in [7, 11) is 1.52. The molecule has 6 nitrogen and oxygen atoms in total. The van der Waals surface area contributed by atoms with Crippen LogP contribution in [-0.4, -0.2) is 35.7 Å². The molecule has 0 radical (unpaired) electrons. The predicted molar refractivity (Wildman–Crippen MR) is 113 cm³/mol. The molecule has 0 aliphatic rings. The smallest absolute Gasteiger partial charge is 0.355 e. The Labute approximate surface area is 176 Å². The first kappa shape index (κ1) is 20.8. The minimum Gasteiger partial charge on any atom is -0.497 e. The summed E-state index contributed by atoms with van der Waals surface area (Å²) in [6.07, 6.45) is 1.40. The molecule has 2 aromatic carbocycles. The Bertz CT molecular complexity index is 1120. The molecular formula is C21H17Cl2NO5. The average molecular weight is 434 g/mol. The van der Waals surface area contributed by atoms with Gasteiger partial charge in [0.2, 0.25) is 0 Å². The minimum atomic E-state index is -1.16. The Morgan fingerprint density at radius 3 is 2.45 bits per heavy atom. The number of ether oxygens (including phenoxy) is 2. The van der Waals surface area contributed by atoms with Crippen molar-refractivity contribution in [1.29, 1.82) is 0 Å². The average Bonchev–Trinajstić information content (AvgIpc) is 3.04. The van der Waals surface area contributed by atoms with Crippen molar-refractivity contribution in [3.63, 3.8) is 0 Å². The van der Waals surface area contributed by atoms with Crippen LogP contribution in [0.5, 0.6) is 5.75 Å². The molecule has 3 aromatic rings. The summed E-state index contributed by atoms with van der Waals surface area (Å²) in [6.45, 7) is 1.84. The summed E-state index contributed by atoms with van der Waals surface area (Å²) in [4.78, 5) is 27.4. The van der Waals surface area contributed by atoms with Crippen LogP contribution < -0.4 is 4.74 Å². The highest BCUT2D eigenvalue weighted by Gasteiger charge is 2.22. The number of benzene rings is 2. The van der Waals surface area contributed by atoms with E-state index in [4.69, 9.17) is 32.7 Å². The van der Waals surface area contributed by atoms with E-state index in [2.05, 4.69) is 4.98 Å². The highest BCUT2D eigenvalue weighted by molar-refractivity contribution is 6.39. The Hall–Kier alpha value is -2.96. The van der Waals surface area contributed by atoms with Crippen molar-refractivity contribution in [3.05, 3.63) is 63.3 Å². The molecule has 0 saturated heterocycles. The fourth-order valence-corrected chi connectivity index (χ4v) is 3.56. The second-order valence-electron chi connectivity index (χ2n) is 6.04. The van der Waals surface area contributed by atoms with Crippen molar-refractivity contribution < 1.29 is 24.2 Å². The third kappa shape index (κ3) is 4.23. The number of halogens is 2. The van der Waals surface area contributed by atoms with Crippen LogP contribution in [0.2, 0.25) is 10.0 Å². The van der Waals surface area contributed by atoms with Gasteiger partial charge in [0.05, 0.1) is 24.3 Å². The molecule has 150 valence electrons. The normalized spacial score (nSPS) is 11.5. The molecule has 0 amide bonds. The molecule has 0 aliphatic heterocycles. The van der Waals surface area contributed by atoms with E-state index in [1.54, 1.807) is 37.3 Å². The van der Waals surface area contributed by atoms with E-state index in [0.29, 0.717) is 32.8 Å². The molecule has 3 rings (SSSR count). The van der Waals surface area contributed by atoms with Crippen LogP contribution in [0.15, 0.2) is 36.4 Å². The number of H-pyrrole nitrogens is 1. The van der Waals surface area contributed by atoms with Crippen LogP contribution in [0, 0.1) is 0 Å². The number of methoxy groups -OCH3 is 1. The van der Waals surface area contributed by atoms with Gasteiger partial charge in [-0.1, -0.05) is 35.3 Å². The van der Waals surface area contributed by atoms with Crippen LogP contribution >= 0.6 is 23.2 Å².